The highest BCUT2D eigenvalue weighted by Crippen LogP contribution is 2.38. The van der Waals surface area contributed by atoms with E-state index in [1.54, 1.807) is 0 Å². The van der Waals surface area contributed by atoms with Crippen molar-refractivity contribution in [3.8, 4) is 0 Å². The van der Waals surface area contributed by atoms with E-state index >= 15 is 0 Å². The Hall–Kier alpha value is -3.40. The lowest BCUT2D eigenvalue weighted by atomic mass is 9.78. The van der Waals surface area contributed by atoms with Crippen molar-refractivity contribution < 1.29 is 9.67 Å². The third kappa shape index (κ3) is 5.70. The largest absolute Gasteiger partial charge is 0.495 e. The summed E-state index contributed by atoms with van der Waals surface area (Å²) in [6.07, 6.45) is 11.0. The summed E-state index contributed by atoms with van der Waals surface area (Å²) in [4.78, 5) is 5.16. The number of aliphatic hydroxyl groups is 1. The minimum Gasteiger partial charge on any atom is -0.495 e. The molecule has 2 aromatic rings. The van der Waals surface area contributed by atoms with Crippen molar-refractivity contribution in [2.75, 3.05) is 6.54 Å². The first-order valence-corrected chi connectivity index (χ1v) is 11.7. The Kier molecular flexibility index (Phi) is 8.42. The molecule has 0 aliphatic carbocycles. The van der Waals surface area contributed by atoms with Crippen molar-refractivity contribution >= 4 is 11.4 Å². The smallest absolute Gasteiger partial charge is 0.205 e. The number of aromatic nitrogens is 1. The average molecular weight is 443 g/mol. The van der Waals surface area contributed by atoms with Gasteiger partial charge in [0.05, 0.1) is 5.71 Å². The Balaban J connectivity index is 1.97. The molecule has 1 aliphatic heterocycles. The summed E-state index contributed by atoms with van der Waals surface area (Å²) in [7, 11) is 0. The van der Waals surface area contributed by atoms with Gasteiger partial charge in [-0.05, 0) is 50.5 Å². The zero-order chi connectivity index (χ0) is 23.8. The fourth-order valence-electron chi connectivity index (χ4n) is 4.69. The number of nitrogens with zero attached hydrogens (tertiary/aromatic N) is 2. The monoisotopic (exact) mass is 442 g/mol. The van der Waals surface area contributed by atoms with Gasteiger partial charge in [-0.2, -0.15) is 4.57 Å². The predicted octanol–water partition coefficient (Wildman–Crippen LogP) is 5.74. The third-order valence-electron chi connectivity index (χ3n) is 6.33. The highest BCUT2D eigenvalue weighted by molar-refractivity contribution is 6.10. The fraction of sp³-hybridized carbons (Fsp3) is 0.310. The van der Waals surface area contributed by atoms with Crippen LogP contribution in [0.25, 0.3) is 5.70 Å². The molecule has 2 N–H and O–H groups in total. The maximum absolute atomic E-state index is 9.49. The van der Waals surface area contributed by atoms with Crippen LogP contribution in [-0.4, -0.2) is 23.4 Å². The standard InChI is InChI=1S/C29H35N3O/c1-6-13-23(20-30-22(5)33)17-18-27-25-15-9-10-16-26(25)28(8-3)31-29(27)21(4)32-19-12-11-14-24(32)7-2/h6,8-16,19,23,27,29-30H,3-5,7,17-18,20H2,1-2H3/p+1/b13-6-. The summed E-state index contributed by atoms with van der Waals surface area (Å²) >= 11 is 0. The molecule has 0 radical (unpaired) electrons. The summed E-state index contributed by atoms with van der Waals surface area (Å²) in [5.41, 5.74) is 5.57. The van der Waals surface area contributed by atoms with Gasteiger partial charge < -0.3 is 10.4 Å². The average Bonchev–Trinajstić information content (AvgIpc) is 2.84. The molecule has 0 saturated heterocycles. The lowest BCUT2D eigenvalue weighted by molar-refractivity contribution is -0.592. The Morgan fingerprint density at radius 3 is 2.67 bits per heavy atom. The maximum Gasteiger partial charge on any atom is 0.205 e. The summed E-state index contributed by atoms with van der Waals surface area (Å²) < 4.78 is 2.19. The van der Waals surface area contributed by atoms with Crippen LogP contribution >= 0.6 is 0 Å². The Morgan fingerprint density at radius 2 is 1.97 bits per heavy atom. The lowest BCUT2D eigenvalue weighted by Gasteiger charge is -2.31. The van der Waals surface area contributed by atoms with Crippen molar-refractivity contribution in [2.24, 2.45) is 10.9 Å². The number of nitrogens with one attached hydrogen (secondary N) is 1. The first-order chi connectivity index (χ1) is 16.0. The summed E-state index contributed by atoms with van der Waals surface area (Å²) in [6, 6.07) is 14.7. The number of aliphatic hydroxyl groups excluding tert-OH is 1. The highest BCUT2D eigenvalue weighted by Gasteiger charge is 2.36. The summed E-state index contributed by atoms with van der Waals surface area (Å²) in [5, 5.41) is 12.5. The number of allylic oxidation sites excluding steroid dienone is 2. The van der Waals surface area contributed by atoms with Crippen molar-refractivity contribution in [1.29, 1.82) is 0 Å². The quantitative estimate of drug-likeness (QED) is 0.265. The van der Waals surface area contributed by atoms with Crippen LogP contribution < -0.4 is 9.88 Å². The van der Waals surface area contributed by atoms with E-state index in [9.17, 15) is 5.11 Å². The number of pyridine rings is 1. The number of fused-ring (bicyclic) bond motifs is 1. The SMILES string of the molecule is C=CC1=NC(C(=C)[n+]2ccccc2CC)C(CCC(/C=C\C)CNC(=C)O)c2ccccc21. The normalized spacial score (nSPS) is 18.3. The van der Waals surface area contributed by atoms with E-state index in [4.69, 9.17) is 4.99 Å². The molecule has 3 rings (SSSR count). The van der Waals surface area contributed by atoms with Gasteiger partial charge in [0.25, 0.3) is 0 Å². The molecule has 0 amide bonds. The molecule has 2 heterocycles. The molecule has 33 heavy (non-hydrogen) atoms. The van der Waals surface area contributed by atoms with Gasteiger partial charge in [-0.15, -0.1) is 0 Å². The number of hydrogen-bond donors (Lipinski definition) is 2. The van der Waals surface area contributed by atoms with Gasteiger partial charge in [0.15, 0.2) is 17.8 Å². The summed E-state index contributed by atoms with van der Waals surface area (Å²) in [6.45, 7) is 16.9. The van der Waals surface area contributed by atoms with Gasteiger partial charge in [-0.25, -0.2) is 0 Å². The topological polar surface area (TPSA) is 48.5 Å². The molecule has 3 unspecified atom stereocenters. The fourth-order valence-corrected chi connectivity index (χ4v) is 4.69. The van der Waals surface area contributed by atoms with Crippen LogP contribution in [0.4, 0.5) is 0 Å². The van der Waals surface area contributed by atoms with E-state index in [2.05, 4.69) is 91.3 Å². The molecule has 1 aromatic heterocycles. The van der Waals surface area contributed by atoms with Crippen molar-refractivity contribution in [3.63, 3.8) is 0 Å². The van der Waals surface area contributed by atoms with E-state index in [1.807, 2.05) is 19.1 Å². The minimum absolute atomic E-state index is 0.00608. The predicted molar refractivity (Wildman–Crippen MR) is 138 cm³/mol. The first kappa shape index (κ1) is 24.2. The van der Waals surface area contributed by atoms with Crippen LogP contribution in [0.1, 0.15) is 49.4 Å². The summed E-state index contributed by atoms with van der Waals surface area (Å²) in [5.74, 6) is 0.479. The maximum atomic E-state index is 9.49. The van der Waals surface area contributed by atoms with Gasteiger partial charge in [-0.1, -0.05) is 56.0 Å². The zero-order valence-electron chi connectivity index (χ0n) is 19.9. The van der Waals surface area contributed by atoms with E-state index in [0.717, 1.165) is 36.2 Å². The Bertz CT molecular complexity index is 1070. The Labute approximate surface area is 198 Å². The van der Waals surface area contributed by atoms with Crippen LogP contribution in [0.15, 0.2) is 97.5 Å². The molecule has 1 aliphatic rings. The Morgan fingerprint density at radius 1 is 1.21 bits per heavy atom. The van der Waals surface area contributed by atoms with Crippen molar-refractivity contribution in [2.45, 2.75) is 45.1 Å². The van der Waals surface area contributed by atoms with E-state index < -0.39 is 0 Å². The second kappa shape index (κ2) is 11.5. The second-order valence-electron chi connectivity index (χ2n) is 8.45. The first-order valence-electron chi connectivity index (χ1n) is 11.7. The molecule has 0 fully saturated rings. The molecule has 4 heteroatoms. The van der Waals surface area contributed by atoms with Crippen molar-refractivity contribution in [3.05, 3.63) is 109 Å². The third-order valence-corrected chi connectivity index (χ3v) is 6.33. The van der Waals surface area contributed by atoms with Gasteiger partial charge in [0.2, 0.25) is 5.70 Å². The molecule has 1 aromatic carbocycles. The van der Waals surface area contributed by atoms with Crippen LogP contribution in [0.2, 0.25) is 0 Å². The van der Waals surface area contributed by atoms with Crippen LogP contribution in [0.5, 0.6) is 0 Å². The molecular formula is C29H36N3O+. The van der Waals surface area contributed by atoms with Gasteiger partial charge in [-0.3, -0.25) is 4.99 Å². The number of benzene rings is 1. The van der Waals surface area contributed by atoms with Gasteiger partial charge >= 0.3 is 0 Å². The molecule has 0 spiro atoms. The molecule has 172 valence electrons. The number of rotatable bonds is 11. The zero-order valence-corrected chi connectivity index (χ0v) is 19.9. The number of hydrogen-bond acceptors (Lipinski definition) is 3. The molecule has 4 nitrogen and oxygen atoms in total. The number of aliphatic imine (C=N–C) groups is 1. The molecule has 0 saturated carbocycles. The lowest BCUT2D eigenvalue weighted by Crippen LogP contribution is -2.43. The van der Waals surface area contributed by atoms with E-state index in [-0.39, 0.29) is 23.8 Å². The molecular weight excluding hydrogens is 406 g/mol. The van der Waals surface area contributed by atoms with Gasteiger partial charge in [0, 0.05) is 36.6 Å². The second-order valence-corrected chi connectivity index (χ2v) is 8.45. The van der Waals surface area contributed by atoms with Gasteiger partial charge in [0.1, 0.15) is 6.04 Å². The van der Waals surface area contributed by atoms with Crippen LogP contribution in [-0.2, 0) is 6.42 Å². The van der Waals surface area contributed by atoms with Crippen LogP contribution in [0.3, 0.4) is 0 Å². The van der Waals surface area contributed by atoms with Crippen LogP contribution in [0, 0.1) is 5.92 Å². The highest BCUT2D eigenvalue weighted by atomic mass is 16.3. The van der Waals surface area contributed by atoms with E-state index in [1.165, 1.54) is 11.3 Å². The molecule has 0 bridgehead atoms. The number of aryl methyl sites for hydroxylation is 1. The van der Waals surface area contributed by atoms with E-state index in [0.29, 0.717) is 6.54 Å². The minimum atomic E-state index is -0.0855. The molecule has 3 atom stereocenters. The van der Waals surface area contributed by atoms with Crippen molar-refractivity contribution in [1.82, 2.24) is 5.32 Å².